The van der Waals surface area contributed by atoms with E-state index in [9.17, 15) is 9.90 Å². The summed E-state index contributed by atoms with van der Waals surface area (Å²) in [6, 6.07) is 29.7. The highest BCUT2D eigenvalue weighted by molar-refractivity contribution is 7.97. The maximum atomic E-state index is 11.1. The van der Waals surface area contributed by atoms with Gasteiger partial charge in [0.2, 0.25) is 0 Å². The summed E-state index contributed by atoms with van der Waals surface area (Å²) in [5.74, 6) is 2.27. The molecule has 0 heterocycles. The number of carbonyl (C=O) groups excluding carboxylic acids is 1. The predicted octanol–water partition coefficient (Wildman–Crippen LogP) is 5.74. The molecule has 3 aromatic rings. The molecule has 0 saturated heterocycles. The molecule has 3 nitrogen and oxygen atoms in total. The molecule has 0 spiro atoms. The van der Waals surface area contributed by atoms with E-state index in [4.69, 9.17) is 4.74 Å². The second kappa shape index (κ2) is 9.87. The Hall–Kier alpha value is -2.72. The minimum Gasteiger partial charge on any atom is -0.550 e. The van der Waals surface area contributed by atoms with E-state index in [2.05, 4.69) is 72.8 Å². The molecule has 34 heavy (non-hydrogen) atoms. The molecule has 0 N–H and O–H groups in total. The van der Waals surface area contributed by atoms with E-state index in [1.54, 1.807) is 7.11 Å². The van der Waals surface area contributed by atoms with Gasteiger partial charge in [-0.05, 0) is 105 Å². The maximum absolute atomic E-state index is 11.1. The number of hydrogen-bond acceptors (Lipinski definition) is 3. The van der Waals surface area contributed by atoms with Gasteiger partial charge in [-0.2, -0.15) is 0 Å². The molecule has 4 saturated carbocycles. The van der Waals surface area contributed by atoms with Crippen LogP contribution in [0.4, 0.5) is 0 Å². The highest BCUT2D eigenvalue weighted by Gasteiger charge is 2.51. The molecular formula is C30H32O3S. The van der Waals surface area contributed by atoms with E-state index >= 15 is 0 Å². The number of benzene rings is 3. The van der Waals surface area contributed by atoms with E-state index in [0.29, 0.717) is 17.8 Å². The molecular weight excluding hydrogens is 440 g/mol. The van der Waals surface area contributed by atoms with Crippen molar-refractivity contribution in [2.24, 2.45) is 23.2 Å². The third-order valence-electron chi connectivity index (χ3n) is 7.72. The fraction of sp³-hybridized carbons (Fsp3) is 0.367. The van der Waals surface area contributed by atoms with Crippen molar-refractivity contribution in [3.8, 4) is 5.75 Å². The summed E-state index contributed by atoms with van der Waals surface area (Å²) < 4.78 is 5.26. The van der Waals surface area contributed by atoms with Crippen LogP contribution in [0.2, 0.25) is 0 Å². The van der Waals surface area contributed by atoms with E-state index in [1.165, 1.54) is 33.9 Å². The lowest BCUT2D eigenvalue weighted by atomic mass is 9.49. The first-order valence-corrected chi connectivity index (χ1v) is 13.5. The van der Waals surface area contributed by atoms with Crippen molar-refractivity contribution in [3.63, 3.8) is 0 Å². The van der Waals surface area contributed by atoms with Gasteiger partial charge < -0.3 is 14.6 Å². The Morgan fingerprint density at radius 2 is 1.15 bits per heavy atom. The van der Waals surface area contributed by atoms with E-state index in [0.717, 1.165) is 25.0 Å². The summed E-state index contributed by atoms with van der Waals surface area (Å²) in [6.45, 7) is 0. The lowest BCUT2D eigenvalue weighted by Gasteiger charge is -2.57. The summed E-state index contributed by atoms with van der Waals surface area (Å²) in [5, 5.41) is 11.1. The van der Waals surface area contributed by atoms with Gasteiger partial charge in [-0.15, -0.1) is 0 Å². The van der Waals surface area contributed by atoms with Gasteiger partial charge in [0.25, 0.3) is 0 Å². The van der Waals surface area contributed by atoms with Crippen molar-refractivity contribution in [2.75, 3.05) is 7.11 Å². The van der Waals surface area contributed by atoms with E-state index in [-0.39, 0.29) is 10.9 Å². The summed E-state index contributed by atoms with van der Waals surface area (Å²) in [6.07, 6.45) is 6.65. The Bertz CT molecular complexity index is 1020. The van der Waals surface area contributed by atoms with Gasteiger partial charge in [0.1, 0.15) is 5.75 Å². The fourth-order valence-corrected chi connectivity index (χ4v) is 8.68. The van der Waals surface area contributed by atoms with Crippen LogP contribution in [0.5, 0.6) is 5.75 Å². The first-order valence-electron chi connectivity index (χ1n) is 12.3. The molecule has 4 heteroatoms. The minimum atomic E-state index is -0.758. The van der Waals surface area contributed by atoms with Crippen LogP contribution in [0, 0.1) is 23.2 Å². The van der Waals surface area contributed by atoms with Gasteiger partial charge >= 0.3 is 0 Å². The lowest BCUT2D eigenvalue weighted by molar-refractivity contribution is -0.327. The summed E-state index contributed by atoms with van der Waals surface area (Å²) >= 11 is 0. The van der Waals surface area contributed by atoms with Crippen molar-refractivity contribution in [1.29, 1.82) is 0 Å². The van der Waals surface area contributed by atoms with Crippen LogP contribution >= 0.6 is 0 Å². The molecule has 0 radical (unpaired) electrons. The monoisotopic (exact) mass is 472 g/mol. The van der Waals surface area contributed by atoms with Gasteiger partial charge in [-0.3, -0.25) is 0 Å². The van der Waals surface area contributed by atoms with Crippen molar-refractivity contribution in [3.05, 3.63) is 84.9 Å². The van der Waals surface area contributed by atoms with Crippen molar-refractivity contribution < 1.29 is 14.6 Å². The number of rotatable bonds is 5. The van der Waals surface area contributed by atoms with Crippen LogP contribution in [0.25, 0.3) is 0 Å². The average molecular weight is 473 g/mol. The third-order valence-corrected chi connectivity index (χ3v) is 9.95. The molecule has 0 aliphatic heterocycles. The third kappa shape index (κ3) is 4.74. The Kier molecular flexibility index (Phi) is 6.69. The average Bonchev–Trinajstić information content (AvgIpc) is 2.86. The highest BCUT2D eigenvalue weighted by Crippen LogP contribution is 2.59. The van der Waals surface area contributed by atoms with Crippen LogP contribution in [0.15, 0.2) is 99.6 Å². The Balaban J connectivity index is 0.000000157. The number of carboxylic acids is 1. The number of methoxy groups -OCH3 is 1. The molecule has 0 aromatic heterocycles. The van der Waals surface area contributed by atoms with Gasteiger partial charge in [0, 0.05) is 11.4 Å². The van der Waals surface area contributed by atoms with Crippen molar-refractivity contribution >= 4 is 16.9 Å². The van der Waals surface area contributed by atoms with Crippen LogP contribution in [-0.2, 0) is 15.7 Å². The van der Waals surface area contributed by atoms with E-state index in [1.807, 2.05) is 12.1 Å². The van der Waals surface area contributed by atoms with E-state index < -0.39 is 11.4 Å². The van der Waals surface area contributed by atoms with Crippen LogP contribution in [-0.4, -0.2) is 13.1 Å². The summed E-state index contributed by atoms with van der Waals surface area (Å²) in [4.78, 5) is 15.1. The summed E-state index contributed by atoms with van der Waals surface area (Å²) in [5.41, 5.74) is -0.394. The van der Waals surface area contributed by atoms with Crippen LogP contribution in [0.1, 0.15) is 38.5 Å². The highest BCUT2D eigenvalue weighted by atomic mass is 32.2. The van der Waals surface area contributed by atoms with Crippen molar-refractivity contribution in [2.45, 2.75) is 53.2 Å². The van der Waals surface area contributed by atoms with Gasteiger partial charge in [0.05, 0.1) is 18.0 Å². The zero-order valence-electron chi connectivity index (χ0n) is 19.7. The molecule has 4 aliphatic rings. The van der Waals surface area contributed by atoms with Gasteiger partial charge in [-0.1, -0.05) is 36.4 Å². The number of carboxylic acid groups (broad SMARTS) is 1. The van der Waals surface area contributed by atoms with Gasteiger partial charge in [-0.25, -0.2) is 0 Å². The maximum Gasteiger partial charge on any atom is 0.166 e. The first-order chi connectivity index (χ1) is 16.6. The Morgan fingerprint density at radius 1 is 0.735 bits per heavy atom. The largest absolute Gasteiger partial charge is 0.550 e. The van der Waals surface area contributed by atoms with Crippen LogP contribution < -0.4 is 9.84 Å². The van der Waals surface area contributed by atoms with Crippen LogP contribution in [0.3, 0.4) is 0 Å². The number of ether oxygens (including phenoxy) is 1. The molecule has 0 amide bonds. The first kappa shape index (κ1) is 23.0. The quantitative estimate of drug-likeness (QED) is 0.445. The fourth-order valence-electron chi connectivity index (χ4n) is 6.59. The normalized spacial score (nSPS) is 26.6. The Morgan fingerprint density at radius 3 is 1.53 bits per heavy atom. The SMILES string of the molecule is COc1ccc([S+](c2ccccc2)c2ccccc2)cc1.O=C([O-])C12CC3CC(CC(C3)C1)C2. The second-order valence-corrected chi connectivity index (χ2v) is 12.1. The zero-order valence-corrected chi connectivity index (χ0v) is 20.5. The molecule has 7 rings (SSSR count). The van der Waals surface area contributed by atoms with Crippen molar-refractivity contribution in [1.82, 2.24) is 0 Å². The summed E-state index contributed by atoms with van der Waals surface area (Å²) in [7, 11) is 1.62. The topological polar surface area (TPSA) is 49.4 Å². The lowest BCUT2D eigenvalue weighted by Crippen LogP contribution is -2.54. The number of hydrogen-bond donors (Lipinski definition) is 0. The standard InChI is InChI=1S/C19H17OS.C11H16O2/c1-20-16-12-14-19(15-13-16)21(17-8-4-2-5-9-17)18-10-6-3-7-11-18;12-10(13)11-4-7-1-8(5-11)3-9(2-7)6-11/h2-15H,1H3;7-9H,1-6H2,(H,12,13)/q+1;/p-1. The number of aliphatic carboxylic acids is 1. The molecule has 4 aliphatic carbocycles. The Labute approximate surface area is 205 Å². The molecule has 176 valence electrons. The number of carbonyl (C=O) groups is 1. The molecule has 3 aromatic carbocycles. The molecule has 4 bridgehead atoms. The predicted molar refractivity (Wildman–Crippen MR) is 134 cm³/mol. The van der Waals surface area contributed by atoms with Gasteiger partial charge in [0.15, 0.2) is 14.7 Å². The minimum absolute atomic E-state index is 0.0804. The molecule has 0 atom stereocenters. The zero-order chi connectivity index (χ0) is 23.5. The smallest absolute Gasteiger partial charge is 0.166 e. The molecule has 4 fully saturated rings. The molecule has 0 unspecified atom stereocenters. The second-order valence-electron chi connectivity index (χ2n) is 10.1.